The number of anilines is 1. The summed E-state index contributed by atoms with van der Waals surface area (Å²) in [4.78, 5) is 38.1. The third-order valence-electron chi connectivity index (χ3n) is 5.54. The van der Waals surface area contributed by atoms with Gasteiger partial charge in [0.05, 0.1) is 17.2 Å². The van der Waals surface area contributed by atoms with Crippen LogP contribution in [0.1, 0.15) is 55.6 Å². The maximum absolute atomic E-state index is 15.1. The number of ether oxygens (including phenoxy) is 1. The van der Waals surface area contributed by atoms with Crippen LogP contribution in [0.25, 0.3) is 10.9 Å². The largest absolute Gasteiger partial charge is 0.477 e. The minimum Gasteiger partial charge on any atom is -0.477 e. The number of carbonyl (C=O) groups is 2. The van der Waals surface area contributed by atoms with Crippen molar-refractivity contribution in [2.45, 2.75) is 58.2 Å². The molecular weight excluding hydrogens is 405 g/mol. The summed E-state index contributed by atoms with van der Waals surface area (Å²) < 4.78 is 21.8. The molecule has 8 nitrogen and oxygen atoms in total. The van der Waals surface area contributed by atoms with Crippen molar-refractivity contribution in [1.29, 1.82) is 0 Å². The molecule has 2 aliphatic rings. The lowest BCUT2D eigenvalue weighted by Gasteiger charge is -2.42. The topological polar surface area (TPSA) is 101 Å². The fourth-order valence-electron chi connectivity index (χ4n) is 4.11. The summed E-state index contributed by atoms with van der Waals surface area (Å²) in [5.41, 5.74) is 0.0130. The highest BCUT2D eigenvalue weighted by Gasteiger charge is 2.35. The average Bonchev–Trinajstić information content (AvgIpc) is 3.42. The van der Waals surface area contributed by atoms with Crippen LogP contribution in [0.4, 0.5) is 14.9 Å². The zero-order chi connectivity index (χ0) is 22.7. The first-order valence-corrected chi connectivity index (χ1v) is 10.3. The number of carboxylic acid groups (broad SMARTS) is 1. The molecule has 31 heavy (non-hydrogen) atoms. The fraction of sp³-hybridized carbons (Fsp3) is 0.500. The number of fused-ring (bicyclic) bond motifs is 1. The molecule has 1 saturated carbocycles. The van der Waals surface area contributed by atoms with Crippen LogP contribution >= 0.6 is 0 Å². The Hall–Kier alpha value is -3.10. The normalized spacial score (nSPS) is 16.9. The number of rotatable bonds is 4. The molecule has 166 valence electrons. The third-order valence-corrected chi connectivity index (χ3v) is 5.54. The predicted octanol–water partition coefficient (Wildman–Crippen LogP) is 3.20. The number of amides is 1. The molecule has 1 aliphatic carbocycles. The molecule has 2 heterocycles. The lowest BCUT2D eigenvalue weighted by molar-refractivity contribution is 0.0495. The van der Waals surface area contributed by atoms with Crippen molar-refractivity contribution < 1.29 is 23.8 Å². The SMILES string of the molecule is Cc1c(N2CC(NC(=O)OC(C)(C)C)C2)c(F)cc2cc(C(=O)O)c(=O)n(C3CC3)c12. The number of aromatic carboxylic acids is 1. The van der Waals surface area contributed by atoms with Gasteiger partial charge in [-0.1, -0.05) is 0 Å². The number of hydrogen-bond donors (Lipinski definition) is 2. The Balaban J connectivity index is 1.66. The molecule has 2 fully saturated rings. The van der Waals surface area contributed by atoms with Gasteiger partial charge in [-0.25, -0.2) is 14.0 Å². The minimum absolute atomic E-state index is 0.0655. The number of nitrogens with zero attached hydrogens (tertiary/aromatic N) is 2. The Morgan fingerprint density at radius 2 is 1.87 bits per heavy atom. The molecule has 9 heteroatoms. The Bertz CT molecular complexity index is 1140. The second kappa shape index (κ2) is 7.25. The number of alkyl carbamates (subject to hydrolysis) is 1. The highest BCUT2D eigenvalue weighted by Crippen LogP contribution is 2.40. The van der Waals surface area contributed by atoms with Crippen LogP contribution in [0, 0.1) is 12.7 Å². The highest BCUT2D eigenvalue weighted by atomic mass is 19.1. The van der Waals surface area contributed by atoms with E-state index in [4.69, 9.17) is 4.74 Å². The van der Waals surface area contributed by atoms with E-state index in [1.54, 1.807) is 32.6 Å². The average molecular weight is 431 g/mol. The van der Waals surface area contributed by atoms with Crippen LogP contribution in [0.15, 0.2) is 16.9 Å². The molecule has 4 rings (SSSR count). The van der Waals surface area contributed by atoms with E-state index < -0.39 is 29.0 Å². The Kier molecular flexibility index (Phi) is 4.94. The molecule has 0 spiro atoms. The van der Waals surface area contributed by atoms with E-state index in [1.165, 1.54) is 16.7 Å². The van der Waals surface area contributed by atoms with Gasteiger partial charge in [-0.15, -0.1) is 0 Å². The van der Waals surface area contributed by atoms with Crippen LogP contribution in [-0.4, -0.2) is 46.5 Å². The van der Waals surface area contributed by atoms with Gasteiger partial charge in [-0.3, -0.25) is 4.79 Å². The number of aromatic nitrogens is 1. The summed E-state index contributed by atoms with van der Waals surface area (Å²) in [7, 11) is 0. The number of carbonyl (C=O) groups excluding carboxylic acids is 1. The highest BCUT2D eigenvalue weighted by molar-refractivity contribution is 5.95. The second-order valence-corrected chi connectivity index (χ2v) is 9.29. The third kappa shape index (κ3) is 3.96. The molecular formula is C22H26FN3O5. The van der Waals surface area contributed by atoms with E-state index in [1.807, 2.05) is 0 Å². The zero-order valence-corrected chi connectivity index (χ0v) is 18.0. The molecule has 1 saturated heterocycles. The Labute approximate surface area is 178 Å². The molecule has 2 aromatic rings. The van der Waals surface area contributed by atoms with Crippen molar-refractivity contribution in [1.82, 2.24) is 9.88 Å². The van der Waals surface area contributed by atoms with Crippen molar-refractivity contribution >= 4 is 28.7 Å². The first kappa shape index (κ1) is 21.1. The number of aryl methyl sites for hydroxylation is 1. The van der Waals surface area contributed by atoms with Gasteiger partial charge in [0.25, 0.3) is 5.56 Å². The van der Waals surface area contributed by atoms with Crippen LogP contribution in [-0.2, 0) is 4.74 Å². The van der Waals surface area contributed by atoms with E-state index in [0.717, 1.165) is 12.8 Å². The number of halogens is 1. The Morgan fingerprint density at radius 1 is 1.23 bits per heavy atom. The Morgan fingerprint density at radius 3 is 2.42 bits per heavy atom. The maximum atomic E-state index is 15.1. The van der Waals surface area contributed by atoms with Gasteiger partial charge in [0.1, 0.15) is 17.0 Å². The number of benzene rings is 1. The molecule has 0 atom stereocenters. The second-order valence-electron chi connectivity index (χ2n) is 9.29. The lowest BCUT2D eigenvalue weighted by atomic mass is 10.0. The summed E-state index contributed by atoms with van der Waals surface area (Å²) in [5, 5.41) is 12.6. The van der Waals surface area contributed by atoms with E-state index in [0.29, 0.717) is 35.2 Å². The summed E-state index contributed by atoms with van der Waals surface area (Å²) in [5.74, 6) is -1.81. The molecule has 1 aliphatic heterocycles. The summed E-state index contributed by atoms with van der Waals surface area (Å²) >= 11 is 0. The molecule has 1 aromatic carbocycles. The van der Waals surface area contributed by atoms with Crippen molar-refractivity contribution in [2.24, 2.45) is 0 Å². The summed E-state index contributed by atoms with van der Waals surface area (Å²) in [6.45, 7) is 7.90. The van der Waals surface area contributed by atoms with Gasteiger partial charge >= 0.3 is 12.1 Å². The maximum Gasteiger partial charge on any atom is 0.407 e. The van der Waals surface area contributed by atoms with Gasteiger partial charge < -0.3 is 24.6 Å². The molecule has 0 radical (unpaired) electrons. The molecule has 0 unspecified atom stereocenters. The van der Waals surface area contributed by atoms with Gasteiger partial charge in [0, 0.05) is 24.5 Å². The first-order chi connectivity index (χ1) is 14.5. The van der Waals surface area contributed by atoms with E-state index >= 15 is 4.39 Å². The monoisotopic (exact) mass is 431 g/mol. The van der Waals surface area contributed by atoms with Gasteiger partial charge in [-0.05, 0) is 58.2 Å². The molecule has 2 N–H and O–H groups in total. The molecule has 1 aromatic heterocycles. The van der Waals surface area contributed by atoms with Gasteiger partial charge in [0.2, 0.25) is 0 Å². The van der Waals surface area contributed by atoms with Gasteiger partial charge in [0.15, 0.2) is 0 Å². The number of carboxylic acids is 1. The van der Waals surface area contributed by atoms with E-state index in [2.05, 4.69) is 5.32 Å². The minimum atomic E-state index is -1.32. The first-order valence-electron chi connectivity index (χ1n) is 10.3. The number of hydrogen-bond acceptors (Lipinski definition) is 5. The van der Waals surface area contributed by atoms with E-state index in [-0.39, 0.29) is 17.6 Å². The van der Waals surface area contributed by atoms with E-state index in [9.17, 15) is 19.5 Å². The van der Waals surface area contributed by atoms with Crippen LogP contribution < -0.4 is 15.8 Å². The van der Waals surface area contributed by atoms with Gasteiger partial charge in [-0.2, -0.15) is 0 Å². The van der Waals surface area contributed by atoms with Crippen LogP contribution in [0.2, 0.25) is 0 Å². The lowest BCUT2D eigenvalue weighted by Crippen LogP contribution is -2.60. The number of pyridine rings is 1. The standard InChI is InChI=1S/C22H26FN3O5/c1-11-17-12(7-15(20(28)29)19(27)26(17)14-5-6-14)8-16(23)18(11)25-9-13(10-25)24-21(30)31-22(2,3)4/h7-8,13-14H,5-6,9-10H2,1-4H3,(H,24,30)(H,28,29). The quantitative estimate of drug-likeness (QED) is 0.771. The van der Waals surface area contributed by atoms with Crippen molar-refractivity contribution in [3.8, 4) is 0 Å². The summed E-state index contributed by atoms with van der Waals surface area (Å²) in [6, 6.07) is 2.30. The number of nitrogens with one attached hydrogen (secondary N) is 1. The van der Waals surface area contributed by atoms with Crippen LogP contribution in [0.3, 0.4) is 0 Å². The summed E-state index contributed by atoms with van der Waals surface area (Å²) in [6.07, 6.45) is 1.06. The smallest absolute Gasteiger partial charge is 0.407 e. The zero-order valence-electron chi connectivity index (χ0n) is 18.0. The predicted molar refractivity (Wildman–Crippen MR) is 114 cm³/mol. The van der Waals surface area contributed by atoms with Crippen molar-refractivity contribution in [3.63, 3.8) is 0 Å². The fourth-order valence-corrected chi connectivity index (χ4v) is 4.11. The molecule has 0 bridgehead atoms. The molecule has 1 amide bonds. The van der Waals surface area contributed by atoms with Crippen LogP contribution in [0.5, 0.6) is 0 Å². The van der Waals surface area contributed by atoms with Crippen molar-refractivity contribution in [3.05, 3.63) is 39.4 Å². The van der Waals surface area contributed by atoms with Crippen molar-refractivity contribution in [2.75, 3.05) is 18.0 Å².